The SMILES string of the molecule is CCOC(=O)/C(C(C)=O)=C(/C)N1CCCCC1. The summed E-state index contributed by atoms with van der Waals surface area (Å²) in [5.74, 6) is -0.713. The Balaban J connectivity index is 2.92. The summed E-state index contributed by atoms with van der Waals surface area (Å²) in [6, 6.07) is 0. The lowest BCUT2D eigenvalue weighted by atomic mass is 10.1. The average Bonchev–Trinajstić information content (AvgIpc) is 2.30. The molecule has 0 radical (unpaired) electrons. The highest BCUT2D eigenvalue weighted by atomic mass is 16.5. The van der Waals surface area contributed by atoms with Crippen molar-refractivity contribution >= 4 is 11.8 Å². The highest BCUT2D eigenvalue weighted by Crippen LogP contribution is 2.18. The number of allylic oxidation sites excluding steroid dienone is 1. The smallest absolute Gasteiger partial charge is 0.343 e. The van der Waals surface area contributed by atoms with Crippen LogP contribution in [0.5, 0.6) is 0 Å². The number of Topliss-reactive ketones (excluding diaryl/α,β-unsaturated/α-hetero) is 1. The average molecular weight is 239 g/mol. The molecule has 17 heavy (non-hydrogen) atoms. The number of carbonyl (C=O) groups excluding carboxylic acids is 2. The molecule has 0 unspecified atom stereocenters. The lowest BCUT2D eigenvalue weighted by Crippen LogP contribution is -2.31. The van der Waals surface area contributed by atoms with Gasteiger partial charge in [-0.25, -0.2) is 4.79 Å². The van der Waals surface area contributed by atoms with Gasteiger partial charge in [-0.2, -0.15) is 0 Å². The Morgan fingerprint density at radius 2 is 1.71 bits per heavy atom. The Bertz CT molecular complexity index is 328. The topological polar surface area (TPSA) is 46.6 Å². The maximum Gasteiger partial charge on any atom is 0.343 e. The van der Waals surface area contributed by atoms with Gasteiger partial charge in [-0.1, -0.05) is 0 Å². The molecule has 96 valence electrons. The molecule has 0 aromatic heterocycles. The van der Waals surface area contributed by atoms with E-state index in [1.165, 1.54) is 13.3 Å². The van der Waals surface area contributed by atoms with Crippen molar-refractivity contribution in [2.24, 2.45) is 0 Å². The largest absolute Gasteiger partial charge is 0.462 e. The molecule has 1 aliphatic rings. The summed E-state index contributed by atoms with van der Waals surface area (Å²) >= 11 is 0. The van der Waals surface area contributed by atoms with Crippen LogP contribution in [0.4, 0.5) is 0 Å². The molecule has 0 spiro atoms. The standard InChI is InChI=1S/C13H21NO3/c1-4-17-13(16)12(11(3)15)10(2)14-8-6-5-7-9-14/h4-9H2,1-3H3/b12-10-. The number of carbonyl (C=O) groups is 2. The van der Waals surface area contributed by atoms with E-state index in [0.29, 0.717) is 6.61 Å². The molecule has 4 nitrogen and oxygen atoms in total. The third kappa shape index (κ3) is 3.58. The molecule has 0 amide bonds. The second-order valence-electron chi connectivity index (χ2n) is 4.28. The van der Waals surface area contributed by atoms with Crippen molar-refractivity contribution in [1.29, 1.82) is 0 Å². The van der Waals surface area contributed by atoms with Gasteiger partial charge in [0, 0.05) is 18.8 Å². The van der Waals surface area contributed by atoms with Gasteiger partial charge in [0.15, 0.2) is 5.78 Å². The fourth-order valence-corrected chi connectivity index (χ4v) is 2.14. The summed E-state index contributed by atoms with van der Waals surface area (Å²) in [7, 11) is 0. The van der Waals surface area contributed by atoms with Crippen LogP contribution in [-0.2, 0) is 14.3 Å². The molecule has 0 N–H and O–H groups in total. The van der Waals surface area contributed by atoms with Crippen LogP contribution in [-0.4, -0.2) is 36.3 Å². The highest BCUT2D eigenvalue weighted by Gasteiger charge is 2.23. The summed E-state index contributed by atoms with van der Waals surface area (Å²) in [6.45, 7) is 7.12. The zero-order valence-electron chi connectivity index (χ0n) is 10.9. The molecule has 4 heteroatoms. The third-order valence-electron chi connectivity index (χ3n) is 3.02. The van der Waals surface area contributed by atoms with Crippen molar-refractivity contribution in [3.8, 4) is 0 Å². The van der Waals surface area contributed by atoms with E-state index in [-0.39, 0.29) is 11.4 Å². The normalized spacial score (nSPS) is 17.5. The van der Waals surface area contributed by atoms with Crippen molar-refractivity contribution in [2.45, 2.75) is 40.0 Å². The lowest BCUT2D eigenvalue weighted by molar-refractivity contribution is -0.140. The van der Waals surface area contributed by atoms with Crippen LogP contribution in [0.15, 0.2) is 11.3 Å². The Labute approximate surface area is 103 Å². The van der Waals surface area contributed by atoms with Crippen molar-refractivity contribution in [3.63, 3.8) is 0 Å². The number of hydrogen-bond acceptors (Lipinski definition) is 4. The highest BCUT2D eigenvalue weighted by molar-refractivity contribution is 6.16. The molecule has 0 bridgehead atoms. The monoisotopic (exact) mass is 239 g/mol. The van der Waals surface area contributed by atoms with Gasteiger partial charge in [-0.3, -0.25) is 4.79 Å². The van der Waals surface area contributed by atoms with Crippen molar-refractivity contribution in [1.82, 2.24) is 4.90 Å². The van der Waals surface area contributed by atoms with Gasteiger partial charge in [0.25, 0.3) is 0 Å². The van der Waals surface area contributed by atoms with Gasteiger partial charge in [0.05, 0.1) is 6.61 Å². The summed E-state index contributed by atoms with van der Waals surface area (Å²) in [4.78, 5) is 25.4. The number of rotatable bonds is 4. The van der Waals surface area contributed by atoms with E-state index in [4.69, 9.17) is 4.74 Å². The molecule has 0 aliphatic carbocycles. The van der Waals surface area contributed by atoms with E-state index in [2.05, 4.69) is 4.90 Å². The van der Waals surface area contributed by atoms with Gasteiger partial charge in [-0.15, -0.1) is 0 Å². The van der Waals surface area contributed by atoms with E-state index in [1.54, 1.807) is 6.92 Å². The summed E-state index contributed by atoms with van der Waals surface area (Å²) in [5.41, 5.74) is 0.962. The minimum absolute atomic E-state index is 0.203. The number of ether oxygens (including phenoxy) is 1. The van der Waals surface area contributed by atoms with Gasteiger partial charge >= 0.3 is 5.97 Å². The first-order chi connectivity index (χ1) is 8.07. The van der Waals surface area contributed by atoms with E-state index < -0.39 is 5.97 Å². The Kier molecular flexibility index (Phi) is 5.19. The minimum atomic E-state index is -0.497. The molecule has 0 saturated carbocycles. The third-order valence-corrected chi connectivity index (χ3v) is 3.02. The number of piperidine rings is 1. The number of nitrogens with zero attached hydrogens (tertiary/aromatic N) is 1. The van der Waals surface area contributed by atoms with E-state index in [0.717, 1.165) is 31.6 Å². The summed E-state index contributed by atoms with van der Waals surface area (Å²) in [6.07, 6.45) is 3.45. The van der Waals surface area contributed by atoms with Gasteiger partial charge < -0.3 is 9.64 Å². The maximum atomic E-state index is 11.7. The van der Waals surface area contributed by atoms with Crippen molar-refractivity contribution in [2.75, 3.05) is 19.7 Å². The van der Waals surface area contributed by atoms with Gasteiger partial charge in [-0.05, 0) is 40.0 Å². The van der Waals surface area contributed by atoms with Crippen LogP contribution in [0, 0.1) is 0 Å². The second kappa shape index (κ2) is 6.42. The van der Waals surface area contributed by atoms with Gasteiger partial charge in [0.1, 0.15) is 5.57 Å². The predicted octanol–water partition coefficient (Wildman–Crippen LogP) is 1.90. The van der Waals surface area contributed by atoms with Crippen molar-refractivity contribution < 1.29 is 14.3 Å². The van der Waals surface area contributed by atoms with Crippen LogP contribution in [0.25, 0.3) is 0 Å². The number of hydrogen-bond donors (Lipinski definition) is 0. The Morgan fingerprint density at radius 1 is 1.12 bits per heavy atom. The second-order valence-corrected chi connectivity index (χ2v) is 4.28. The van der Waals surface area contributed by atoms with Crippen LogP contribution in [0.2, 0.25) is 0 Å². The molecular weight excluding hydrogens is 218 g/mol. The maximum absolute atomic E-state index is 11.7. The van der Waals surface area contributed by atoms with Crippen LogP contribution in [0.3, 0.4) is 0 Å². The Hall–Kier alpha value is -1.32. The molecule has 0 aromatic carbocycles. The molecule has 0 atom stereocenters. The molecular formula is C13H21NO3. The van der Waals surface area contributed by atoms with E-state index in [1.807, 2.05) is 6.92 Å². The number of likely N-dealkylation sites (tertiary alicyclic amines) is 1. The Morgan fingerprint density at radius 3 is 2.18 bits per heavy atom. The quantitative estimate of drug-likeness (QED) is 0.325. The van der Waals surface area contributed by atoms with E-state index in [9.17, 15) is 9.59 Å². The van der Waals surface area contributed by atoms with Crippen LogP contribution in [0.1, 0.15) is 40.0 Å². The first-order valence-corrected chi connectivity index (χ1v) is 6.21. The summed E-state index contributed by atoms with van der Waals surface area (Å²) in [5, 5.41) is 0. The zero-order valence-corrected chi connectivity index (χ0v) is 10.9. The summed E-state index contributed by atoms with van der Waals surface area (Å²) < 4.78 is 4.93. The first-order valence-electron chi connectivity index (χ1n) is 6.21. The van der Waals surface area contributed by atoms with Crippen molar-refractivity contribution in [3.05, 3.63) is 11.3 Å². The zero-order chi connectivity index (χ0) is 12.8. The fraction of sp³-hybridized carbons (Fsp3) is 0.692. The van der Waals surface area contributed by atoms with Gasteiger partial charge in [0.2, 0.25) is 0 Å². The molecule has 0 aromatic rings. The van der Waals surface area contributed by atoms with Crippen LogP contribution < -0.4 is 0 Å². The predicted molar refractivity (Wildman–Crippen MR) is 65.4 cm³/mol. The minimum Gasteiger partial charge on any atom is -0.462 e. The lowest BCUT2D eigenvalue weighted by Gasteiger charge is -2.30. The molecule has 1 saturated heterocycles. The van der Waals surface area contributed by atoms with E-state index >= 15 is 0 Å². The number of esters is 1. The first kappa shape index (κ1) is 13.7. The molecule has 1 fully saturated rings. The number of ketones is 1. The molecule has 1 rings (SSSR count). The van der Waals surface area contributed by atoms with Crippen LogP contribution >= 0.6 is 0 Å². The molecule has 1 aliphatic heterocycles. The fourth-order valence-electron chi connectivity index (χ4n) is 2.14. The molecule has 1 heterocycles.